The number of carboxylic acid groups (broad SMARTS) is 2. The number of aromatic carboxylic acids is 2. The number of rotatable bonds is 5. The normalized spacial score (nSPS) is 10.1. The minimum atomic E-state index is -1.33. The fourth-order valence-corrected chi connectivity index (χ4v) is 1.59. The van der Waals surface area contributed by atoms with Crippen LogP contribution in [0.15, 0.2) is 24.3 Å². The molecule has 8 heteroatoms. The van der Waals surface area contributed by atoms with Crippen molar-refractivity contribution < 1.29 is 24.5 Å². The van der Waals surface area contributed by atoms with Gasteiger partial charge in [-0.15, -0.1) is 0 Å². The molecule has 0 fully saturated rings. The number of ether oxygens (including phenoxy) is 1. The first-order valence-electron chi connectivity index (χ1n) is 5.49. The summed E-state index contributed by atoms with van der Waals surface area (Å²) in [5.41, 5.74) is -0.302. The lowest BCUT2D eigenvalue weighted by Crippen LogP contribution is -2.05. The maximum Gasteiger partial charge on any atom is 0.358 e. The number of carboxylic acids is 2. The first-order valence-corrected chi connectivity index (χ1v) is 5.49. The van der Waals surface area contributed by atoms with Crippen LogP contribution in [0.25, 0.3) is 0 Å². The van der Waals surface area contributed by atoms with E-state index in [1.165, 1.54) is 7.11 Å². The molecule has 0 saturated heterocycles. The standard InChI is InChI=1S/C12H11N3O5/c1-20-7-4-2-6(3-5-7)13-8-9(11(16)17)14-15-10(8)12(18)19/h2-5,13H,1H3,(H,14,15)(H,16,17)(H,18,19). The van der Waals surface area contributed by atoms with E-state index in [0.717, 1.165) is 0 Å². The number of nitrogens with one attached hydrogen (secondary N) is 2. The van der Waals surface area contributed by atoms with Gasteiger partial charge in [0.25, 0.3) is 0 Å². The van der Waals surface area contributed by atoms with Crippen molar-refractivity contribution in [2.24, 2.45) is 0 Å². The number of H-pyrrole nitrogens is 1. The fourth-order valence-electron chi connectivity index (χ4n) is 1.59. The van der Waals surface area contributed by atoms with Gasteiger partial charge >= 0.3 is 11.9 Å². The minimum absolute atomic E-state index is 0.102. The van der Waals surface area contributed by atoms with Crippen LogP contribution < -0.4 is 10.1 Å². The predicted molar refractivity (Wildman–Crippen MR) is 68.8 cm³/mol. The Morgan fingerprint density at radius 3 is 2.35 bits per heavy atom. The number of anilines is 2. The average molecular weight is 277 g/mol. The maximum atomic E-state index is 11.0. The van der Waals surface area contributed by atoms with E-state index < -0.39 is 17.6 Å². The highest BCUT2D eigenvalue weighted by Crippen LogP contribution is 2.25. The SMILES string of the molecule is COc1ccc(Nc2c(C(=O)O)n[nH]c2C(=O)O)cc1. The second kappa shape index (κ2) is 5.31. The Balaban J connectivity index is 2.37. The van der Waals surface area contributed by atoms with E-state index in [9.17, 15) is 9.59 Å². The molecule has 0 aliphatic rings. The largest absolute Gasteiger partial charge is 0.497 e. The highest BCUT2D eigenvalue weighted by Gasteiger charge is 2.23. The van der Waals surface area contributed by atoms with E-state index in [4.69, 9.17) is 14.9 Å². The van der Waals surface area contributed by atoms with E-state index in [2.05, 4.69) is 15.5 Å². The molecule has 8 nitrogen and oxygen atoms in total. The van der Waals surface area contributed by atoms with Crippen molar-refractivity contribution in [3.8, 4) is 5.75 Å². The van der Waals surface area contributed by atoms with Crippen molar-refractivity contribution in [2.45, 2.75) is 0 Å². The van der Waals surface area contributed by atoms with Gasteiger partial charge in [0.2, 0.25) is 0 Å². The zero-order chi connectivity index (χ0) is 14.7. The number of methoxy groups -OCH3 is 1. The molecule has 2 aromatic rings. The molecule has 20 heavy (non-hydrogen) atoms. The van der Waals surface area contributed by atoms with Gasteiger partial charge in [0, 0.05) is 5.69 Å². The van der Waals surface area contributed by atoms with Gasteiger partial charge in [-0.2, -0.15) is 5.10 Å². The molecule has 4 N–H and O–H groups in total. The van der Waals surface area contributed by atoms with Crippen molar-refractivity contribution in [2.75, 3.05) is 12.4 Å². The number of hydrogen-bond donors (Lipinski definition) is 4. The van der Waals surface area contributed by atoms with Gasteiger partial charge in [-0.1, -0.05) is 0 Å². The molecule has 1 aromatic carbocycles. The van der Waals surface area contributed by atoms with Crippen molar-refractivity contribution >= 4 is 23.3 Å². The van der Waals surface area contributed by atoms with Gasteiger partial charge in [0.05, 0.1) is 7.11 Å². The van der Waals surface area contributed by atoms with Crippen molar-refractivity contribution in [3.05, 3.63) is 35.7 Å². The number of nitrogens with zero attached hydrogens (tertiary/aromatic N) is 1. The molecule has 0 bridgehead atoms. The molecule has 0 aliphatic carbocycles. The van der Waals surface area contributed by atoms with E-state index in [-0.39, 0.29) is 11.4 Å². The Morgan fingerprint density at radius 1 is 1.20 bits per heavy atom. The summed E-state index contributed by atoms with van der Waals surface area (Å²) in [4.78, 5) is 22.0. The number of carbonyl (C=O) groups is 2. The van der Waals surface area contributed by atoms with Crippen LogP contribution >= 0.6 is 0 Å². The Morgan fingerprint density at radius 2 is 1.85 bits per heavy atom. The molecule has 1 aromatic heterocycles. The lowest BCUT2D eigenvalue weighted by atomic mass is 10.2. The molecule has 0 amide bonds. The van der Waals surface area contributed by atoms with Crippen LogP contribution in [0.3, 0.4) is 0 Å². The average Bonchev–Trinajstić information content (AvgIpc) is 2.83. The smallest absolute Gasteiger partial charge is 0.358 e. The molecular weight excluding hydrogens is 266 g/mol. The van der Waals surface area contributed by atoms with Crippen molar-refractivity contribution in [1.82, 2.24) is 10.2 Å². The highest BCUT2D eigenvalue weighted by atomic mass is 16.5. The molecule has 0 saturated carbocycles. The Labute approximate surface area is 113 Å². The second-order valence-electron chi connectivity index (χ2n) is 3.79. The third-order valence-electron chi connectivity index (χ3n) is 2.54. The lowest BCUT2D eigenvalue weighted by molar-refractivity contribution is 0.0683. The minimum Gasteiger partial charge on any atom is -0.497 e. The van der Waals surface area contributed by atoms with Gasteiger partial charge in [0.1, 0.15) is 11.4 Å². The van der Waals surface area contributed by atoms with E-state index in [1.54, 1.807) is 24.3 Å². The Hall–Kier alpha value is -3.03. The van der Waals surface area contributed by atoms with Crippen LogP contribution in [0.2, 0.25) is 0 Å². The van der Waals surface area contributed by atoms with Crippen LogP contribution in [-0.2, 0) is 0 Å². The number of aromatic nitrogens is 2. The van der Waals surface area contributed by atoms with Crippen LogP contribution in [0.4, 0.5) is 11.4 Å². The zero-order valence-electron chi connectivity index (χ0n) is 10.4. The quantitative estimate of drug-likeness (QED) is 0.653. The summed E-state index contributed by atoms with van der Waals surface area (Å²) in [7, 11) is 1.52. The number of benzene rings is 1. The topological polar surface area (TPSA) is 125 Å². The third kappa shape index (κ3) is 2.53. The summed E-state index contributed by atoms with van der Waals surface area (Å²) in [6.45, 7) is 0. The molecular formula is C12H11N3O5. The molecule has 1 heterocycles. The zero-order valence-corrected chi connectivity index (χ0v) is 10.4. The Kier molecular flexibility index (Phi) is 3.56. The van der Waals surface area contributed by atoms with Crippen LogP contribution in [-0.4, -0.2) is 39.5 Å². The summed E-state index contributed by atoms with van der Waals surface area (Å²) in [5, 5.41) is 26.4. The van der Waals surface area contributed by atoms with E-state index in [0.29, 0.717) is 11.4 Å². The van der Waals surface area contributed by atoms with Gasteiger partial charge in [-0.05, 0) is 24.3 Å². The fraction of sp³-hybridized carbons (Fsp3) is 0.0833. The first-order chi connectivity index (χ1) is 9.52. The maximum absolute atomic E-state index is 11.0. The summed E-state index contributed by atoms with van der Waals surface area (Å²) in [5.74, 6) is -2.01. The van der Waals surface area contributed by atoms with E-state index in [1.807, 2.05) is 0 Å². The summed E-state index contributed by atoms with van der Waals surface area (Å²) in [6.07, 6.45) is 0. The summed E-state index contributed by atoms with van der Waals surface area (Å²) >= 11 is 0. The highest BCUT2D eigenvalue weighted by molar-refractivity contribution is 6.01. The molecule has 0 radical (unpaired) electrons. The number of hydrogen-bond acceptors (Lipinski definition) is 5. The molecule has 104 valence electrons. The predicted octanol–water partition coefficient (Wildman–Crippen LogP) is 1.56. The number of aromatic amines is 1. The summed E-state index contributed by atoms with van der Waals surface area (Å²) < 4.78 is 4.99. The van der Waals surface area contributed by atoms with Crippen molar-refractivity contribution in [3.63, 3.8) is 0 Å². The van der Waals surface area contributed by atoms with E-state index >= 15 is 0 Å². The molecule has 0 unspecified atom stereocenters. The van der Waals surface area contributed by atoms with Gasteiger partial charge in [-0.25, -0.2) is 9.59 Å². The van der Waals surface area contributed by atoms with Gasteiger partial charge in [-0.3, -0.25) is 5.10 Å². The van der Waals surface area contributed by atoms with Crippen LogP contribution in [0.5, 0.6) is 5.75 Å². The van der Waals surface area contributed by atoms with Crippen LogP contribution in [0.1, 0.15) is 21.0 Å². The Bertz CT molecular complexity index is 616. The van der Waals surface area contributed by atoms with Crippen molar-refractivity contribution in [1.29, 1.82) is 0 Å². The second-order valence-corrected chi connectivity index (χ2v) is 3.79. The molecule has 0 aliphatic heterocycles. The monoisotopic (exact) mass is 277 g/mol. The third-order valence-corrected chi connectivity index (χ3v) is 2.54. The van der Waals surface area contributed by atoms with Gasteiger partial charge < -0.3 is 20.3 Å². The molecule has 0 spiro atoms. The summed E-state index contributed by atoms with van der Waals surface area (Å²) in [6, 6.07) is 6.57. The van der Waals surface area contributed by atoms with Gasteiger partial charge in [0.15, 0.2) is 11.4 Å². The van der Waals surface area contributed by atoms with Crippen LogP contribution in [0, 0.1) is 0 Å². The molecule has 2 rings (SSSR count). The molecule has 0 atom stereocenters. The first kappa shape index (κ1) is 13.4. The lowest BCUT2D eigenvalue weighted by Gasteiger charge is -2.07.